The van der Waals surface area contributed by atoms with Gasteiger partial charge in [0.2, 0.25) is 0 Å². The predicted molar refractivity (Wildman–Crippen MR) is 116 cm³/mol. The molecule has 0 aromatic heterocycles. The number of ether oxygens (including phenoxy) is 2. The lowest BCUT2D eigenvalue weighted by Gasteiger charge is -2.38. The van der Waals surface area contributed by atoms with Crippen molar-refractivity contribution < 1.29 is 9.47 Å². The average Bonchev–Trinajstić information content (AvgIpc) is 3.22. The molecular weight excluding hydrogens is 350 g/mol. The fourth-order valence-corrected chi connectivity index (χ4v) is 4.38. The highest BCUT2D eigenvalue weighted by atomic mass is 16.5. The Morgan fingerprint density at radius 3 is 2.61 bits per heavy atom. The molecule has 0 unspecified atom stereocenters. The summed E-state index contributed by atoms with van der Waals surface area (Å²) in [5, 5.41) is 3.74. The fourth-order valence-electron chi connectivity index (χ4n) is 4.38. The third kappa shape index (κ3) is 6.36. The molecule has 0 radical (unpaired) electrons. The Morgan fingerprint density at radius 2 is 1.96 bits per heavy atom. The number of anilines is 1. The standard InChI is InChI=1S/C23H39N3O2/c1-4-25(5-2)14-16-28-21-10-8-20(9-11-21)24-23-12-13-26(17-19(23)3)18-22-7-6-15-27-22/h8-11,19,22-24H,4-7,12-18H2,1-3H3/t19-,22-,23-/m1/s1. The van der Waals surface area contributed by atoms with E-state index in [0.717, 1.165) is 58.2 Å². The number of piperidine rings is 1. The van der Waals surface area contributed by atoms with Crippen LogP contribution in [0.5, 0.6) is 5.75 Å². The summed E-state index contributed by atoms with van der Waals surface area (Å²) in [5.74, 6) is 1.59. The molecule has 0 aliphatic carbocycles. The topological polar surface area (TPSA) is 37.0 Å². The molecule has 0 spiro atoms. The summed E-state index contributed by atoms with van der Waals surface area (Å²) in [6, 6.07) is 9.01. The number of benzene rings is 1. The van der Waals surface area contributed by atoms with Gasteiger partial charge in [-0.15, -0.1) is 0 Å². The first-order chi connectivity index (χ1) is 13.7. The molecule has 1 aromatic carbocycles. The maximum Gasteiger partial charge on any atom is 0.119 e. The van der Waals surface area contributed by atoms with Crippen LogP contribution in [-0.2, 0) is 4.74 Å². The van der Waals surface area contributed by atoms with Crippen molar-refractivity contribution in [1.82, 2.24) is 9.80 Å². The first-order valence-corrected chi connectivity index (χ1v) is 11.2. The van der Waals surface area contributed by atoms with Crippen LogP contribution >= 0.6 is 0 Å². The van der Waals surface area contributed by atoms with Crippen molar-refractivity contribution in [3.8, 4) is 5.75 Å². The monoisotopic (exact) mass is 389 g/mol. The number of nitrogens with one attached hydrogen (secondary N) is 1. The zero-order valence-corrected chi connectivity index (χ0v) is 18.0. The lowest BCUT2D eigenvalue weighted by atomic mass is 9.93. The molecule has 0 bridgehead atoms. The Balaban J connectivity index is 1.40. The van der Waals surface area contributed by atoms with Gasteiger partial charge in [0.1, 0.15) is 12.4 Å². The average molecular weight is 390 g/mol. The second-order valence-corrected chi connectivity index (χ2v) is 8.31. The molecule has 158 valence electrons. The molecule has 2 aliphatic rings. The summed E-state index contributed by atoms with van der Waals surface area (Å²) in [5.41, 5.74) is 1.19. The molecule has 2 heterocycles. The second-order valence-electron chi connectivity index (χ2n) is 8.31. The van der Waals surface area contributed by atoms with E-state index in [9.17, 15) is 0 Å². The number of likely N-dealkylation sites (tertiary alicyclic amines) is 1. The van der Waals surface area contributed by atoms with E-state index in [1.54, 1.807) is 0 Å². The van der Waals surface area contributed by atoms with Gasteiger partial charge in [-0.2, -0.15) is 0 Å². The lowest BCUT2D eigenvalue weighted by molar-refractivity contribution is 0.0563. The quantitative estimate of drug-likeness (QED) is 0.660. The molecule has 0 amide bonds. The largest absolute Gasteiger partial charge is 0.492 e. The van der Waals surface area contributed by atoms with E-state index in [1.807, 2.05) is 0 Å². The lowest BCUT2D eigenvalue weighted by Crippen LogP contribution is -2.47. The van der Waals surface area contributed by atoms with Crippen molar-refractivity contribution in [3.63, 3.8) is 0 Å². The van der Waals surface area contributed by atoms with Gasteiger partial charge in [-0.25, -0.2) is 0 Å². The van der Waals surface area contributed by atoms with E-state index < -0.39 is 0 Å². The second kappa shape index (κ2) is 11.0. The molecule has 5 nitrogen and oxygen atoms in total. The highest BCUT2D eigenvalue weighted by Gasteiger charge is 2.28. The van der Waals surface area contributed by atoms with Gasteiger partial charge >= 0.3 is 0 Å². The summed E-state index contributed by atoms with van der Waals surface area (Å²) in [4.78, 5) is 4.97. The van der Waals surface area contributed by atoms with E-state index in [1.165, 1.54) is 24.9 Å². The Hall–Kier alpha value is -1.30. The number of hydrogen-bond acceptors (Lipinski definition) is 5. The van der Waals surface area contributed by atoms with Gasteiger partial charge in [-0.1, -0.05) is 20.8 Å². The molecule has 3 rings (SSSR count). The van der Waals surface area contributed by atoms with Crippen molar-refractivity contribution in [2.24, 2.45) is 5.92 Å². The van der Waals surface area contributed by atoms with E-state index in [4.69, 9.17) is 9.47 Å². The van der Waals surface area contributed by atoms with Gasteiger partial charge < -0.3 is 24.6 Å². The summed E-state index contributed by atoms with van der Waals surface area (Å²) in [6.07, 6.45) is 4.12. The molecule has 1 aromatic rings. The molecule has 2 saturated heterocycles. The van der Waals surface area contributed by atoms with Gasteiger partial charge in [0.25, 0.3) is 0 Å². The van der Waals surface area contributed by atoms with Crippen molar-refractivity contribution in [2.75, 3.05) is 57.8 Å². The number of rotatable bonds is 10. The zero-order chi connectivity index (χ0) is 19.8. The van der Waals surface area contributed by atoms with E-state index in [2.05, 4.69) is 60.2 Å². The maximum atomic E-state index is 5.90. The molecule has 2 aliphatic heterocycles. The maximum absolute atomic E-state index is 5.90. The highest BCUT2D eigenvalue weighted by molar-refractivity contribution is 5.47. The Bertz CT molecular complexity index is 555. The normalized spacial score (nSPS) is 25.9. The molecular formula is C23H39N3O2. The van der Waals surface area contributed by atoms with Gasteiger partial charge in [-0.3, -0.25) is 0 Å². The van der Waals surface area contributed by atoms with Crippen molar-refractivity contribution in [2.45, 2.75) is 52.2 Å². The van der Waals surface area contributed by atoms with Crippen LogP contribution in [0.25, 0.3) is 0 Å². The molecule has 3 atom stereocenters. The SMILES string of the molecule is CCN(CC)CCOc1ccc(N[C@@H]2CCN(C[C@H]3CCCO3)C[C@H]2C)cc1. The first-order valence-electron chi connectivity index (χ1n) is 11.2. The Morgan fingerprint density at radius 1 is 1.18 bits per heavy atom. The van der Waals surface area contributed by atoms with Gasteiger partial charge in [0.15, 0.2) is 0 Å². The minimum atomic E-state index is 0.464. The number of nitrogens with zero attached hydrogens (tertiary/aromatic N) is 2. The highest BCUT2D eigenvalue weighted by Crippen LogP contribution is 2.24. The van der Waals surface area contributed by atoms with E-state index in [0.29, 0.717) is 18.1 Å². The summed E-state index contributed by atoms with van der Waals surface area (Å²) < 4.78 is 11.7. The van der Waals surface area contributed by atoms with Crippen LogP contribution in [0.4, 0.5) is 5.69 Å². The van der Waals surface area contributed by atoms with Gasteiger partial charge in [-0.05, 0) is 62.5 Å². The number of likely N-dealkylation sites (N-methyl/N-ethyl adjacent to an activating group) is 1. The van der Waals surface area contributed by atoms with Crippen LogP contribution in [0, 0.1) is 5.92 Å². The third-order valence-electron chi connectivity index (χ3n) is 6.25. The van der Waals surface area contributed by atoms with Crippen LogP contribution in [0.1, 0.15) is 40.0 Å². The zero-order valence-electron chi connectivity index (χ0n) is 18.0. The van der Waals surface area contributed by atoms with E-state index >= 15 is 0 Å². The molecule has 5 heteroatoms. The molecule has 1 N–H and O–H groups in total. The molecule has 28 heavy (non-hydrogen) atoms. The van der Waals surface area contributed by atoms with Crippen LogP contribution in [0.2, 0.25) is 0 Å². The van der Waals surface area contributed by atoms with Crippen LogP contribution in [0.15, 0.2) is 24.3 Å². The van der Waals surface area contributed by atoms with Crippen molar-refractivity contribution in [1.29, 1.82) is 0 Å². The van der Waals surface area contributed by atoms with Crippen LogP contribution in [0.3, 0.4) is 0 Å². The van der Waals surface area contributed by atoms with E-state index in [-0.39, 0.29) is 0 Å². The Labute approximate surface area is 171 Å². The van der Waals surface area contributed by atoms with Crippen molar-refractivity contribution in [3.05, 3.63) is 24.3 Å². The number of hydrogen-bond donors (Lipinski definition) is 1. The van der Waals surface area contributed by atoms with Crippen LogP contribution < -0.4 is 10.1 Å². The minimum absolute atomic E-state index is 0.464. The molecule has 0 saturated carbocycles. The fraction of sp³-hybridized carbons (Fsp3) is 0.739. The summed E-state index contributed by atoms with van der Waals surface area (Å²) in [7, 11) is 0. The minimum Gasteiger partial charge on any atom is -0.492 e. The van der Waals surface area contributed by atoms with Gasteiger partial charge in [0, 0.05) is 44.5 Å². The predicted octanol–water partition coefficient (Wildman–Crippen LogP) is 3.71. The molecule has 2 fully saturated rings. The van der Waals surface area contributed by atoms with Crippen molar-refractivity contribution >= 4 is 5.69 Å². The first kappa shape index (κ1) is 21.4. The van der Waals surface area contributed by atoms with Crippen LogP contribution in [-0.4, -0.2) is 74.4 Å². The smallest absolute Gasteiger partial charge is 0.119 e. The summed E-state index contributed by atoms with van der Waals surface area (Å²) >= 11 is 0. The summed E-state index contributed by atoms with van der Waals surface area (Å²) in [6.45, 7) is 15.0. The third-order valence-corrected chi connectivity index (χ3v) is 6.25. The van der Waals surface area contributed by atoms with Gasteiger partial charge in [0.05, 0.1) is 6.10 Å². The Kier molecular flexibility index (Phi) is 8.44.